The molecule has 1 atom stereocenters. The summed E-state index contributed by atoms with van der Waals surface area (Å²) in [5.74, 6) is -0.0476. The smallest absolute Gasteiger partial charge is 0.253 e. The van der Waals surface area contributed by atoms with Crippen LogP contribution in [-0.2, 0) is 6.42 Å². The van der Waals surface area contributed by atoms with E-state index in [9.17, 15) is 4.79 Å². The molecule has 0 aliphatic heterocycles. The molecule has 4 heteroatoms. The van der Waals surface area contributed by atoms with Gasteiger partial charge in [-0.15, -0.1) is 0 Å². The predicted octanol–water partition coefficient (Wildman–Crippen LogP) is 4.42. The van der Waals surface area contributed by atoms with Crippen molar-refractivity contribution in [2.24, 2.45) is 0 Å². The van der Waals surface area contributed by atoms with Gasteiger partial charge in [-0.3, -0.25) is 4.79 Å². The lowest BCUT2D eigenvalue weighted by atomic mass is 10.1. The Morgan fingerprint density at radius 1 is 0.963 bits per heavy atom. The van der Waals surface area contributed by atoms with Crippen LogP contribution in [0.3, 0.4) is 0 Å². The summed E-state index contributed by atoms with van der Waals surface area (Å²) in [6.45, 7) is 0. The van der Waals surface area contributed by atoms with Crippen molar-refractivity contribution in [3.05, 3.63) is 95.8 Å². The van der Waals surface area contributed by atoms with E-state index in [0.29, 0.717) is 5.56 Å². The number of nitrogens with one attached hydrogen (secondary N) is 1. The number of aryl methyl sites for hydroxylation is 1. The number of benzene rings is 2. The van der Waals surface area contributed by atoms with E-state index in [0.717, 1.165) is 29.7 Å². The number of nitrogens with zero attached hydrogens (tertiary/aromatic N) is 2. The Morgan fingerprint density at radius 2 is 1.78 bits per heavy atom. The Kier molecular flexibility index (Phi) is 3.75. The summed E-state index contributed by atoms with van der Waals surface area (Å²) in [7, 11) is 0. The van der Waals surface area contributed by atoms with Crippen LogP contribution in [0.5, 0.6) is 0 Å². The highest BCUT2D eigenvalue weighted by Crippen LogP contribution is 2.31. The number of hydrogen-bond acceptors (Lipinski definition) is 2. The number of pyridine rings is 1. The Morgan fingerprint density at radius 3 is 2.67 bits per heavy atom. The first kappa shape index (κ1) is 15.8. The van der Waals surface area contributed by atoms with Gasteiger partial charge < -0.3 is 9.72 Å². The van der Waals surface area contributed by atoms with Gasteiger partial charge in [-0.25, -0.2) is 4.98 Å². The molecule has 1 N–H and O–H groups in total. The summed E-state index contributed by atoms with van der Waals surface area (Å²) in [4.78, 5) is 17.4. The number of rotatable bonds is 3. The maximum atomic E-state index is 12.8. The molecular weight excluding hydrogens is 334 g/mol. The van der Waals surface area contributed by atoms with Crippen LogP contribution in [0, 0.1) is 0 Å². The molecule has 1 amide bonds. The van der Waals surface area contributed by atoms with Crippen molar-refractivity contribution in [2.75, 3.05) is 0 Å². The molecular formula is C23H19N3O. The molecule has 27 heavy (non-hydrogen) atoms. The lowest BCUT2D eigenvalue weighted by Crippen LogP contribution is -2.27. The largest absolute Gasteiger partial charge is 0.345 e. The van der Waals surface area contributed by atoms with E-state index < -0.39 is 0 Å². The Bertz CT molecular complexity index is 1130. The SMILES string of the molecule is O=C(N[C@@H]1CCc2ccccc21)c1ccc2nc(-c3ccccc3)cn2c1. The number of carbonyl (C=O) groups is 1. The van der Waals surface area contributed by atoms with E-state index in [1.807, 2.05) is 65.3 Å². The number of amides is 1. The first-order chi connectivity index (χ1) is 13.3. The summed E-state index contributed by atoms with van der Waals surface area (Å²) in [5, 5.41) is 3.18. The Labute approximate surface area is 157 Å². The van der Waals surface area contributed by atoms with Crippen LogP contribution in [0.15, 0.2) is 79.1 Å². The lowest BCUT2D eigenvalue weighted by molar-refractivity contribution is 0.0936. The molecule has 4 nitrogen and oxygen atoms in total. The zero-order valence-electron chi connectivity index (χ0n) is 14.8. The van der Waals surface area contributed by atoms with Crippen molar-refractivity contribution in [3.8, 4) is 11.3 Å². The summed E-state index contributed by atoms with van der Waals surface area (Å²) in [6, 6.07) is 22.2. The Hall–Kier alpha value is -3.40. The summed E-state index contributed by atoms with van der Waals surface area (Å²) >= 11 is 0. The van der Waals surface area contributed by atoms with Crippen molar-refractivity contribution in [1.29, 1.82) is 0 Å². The molecule has 4 aromatic rings. The van der Waals surface area contributed by atoms with Crippen LogP contribution in [-0.4, -0.2) is 15.3 Å². The second-order valence-corrected chi connectivity index (χ2v) is 6.94. The fourth-order valence-corrected chi connectivity index (χ4v) is 3.82. The second kappa shape index (κ2) is 6.40. The molecule has 2 heterocycles. The third kappa shape index (κ3) is 2.89. The molecule has 2 aromatic carbocycles. The fraction of sp³-hybridized carbons (Fsp3) is 0.130. The van der Waals surface area contributed by atoms with Crippen molar-refractivity contribution >= 4 is 11.6 Å². The van der Waals surface area contributed by atoms with Crippen molar-refractivity contribution < 1.29 is 4.79 Å². The van der Waals surface area contributed by atoms with Gasteiger partial charge in [0.2, 0.25) is 0 Å². The molecule has 0 bridgehead atoms. The van der Waals surface area contributed by atoms with Crippen molar-refractivity contribution in [2.45, 2.75) is 18.9 Å². The van der Waals surface area contributed by atoms with Crippen LogP contribution in [0.1, 0.15) is 33.9 Å². The topological polar surface area (TPSA) is 46.4 Å². The van der Waals surface area contributed by atoms with E-state index in [1.54, 1.807) is 0 Å². The van der Waals surface area contributed by atoms with E-state index in [4.69, 9.17) is 0 Å². The van der Waals surface area contributed by atoms with Gasteiger partial charge in [0.25, 0.3) is 5.91 Å². The molecule has 5 rings (SSSR count). The standard InChI is InChI=1S/C23H19N3O/c27-23(25-20-12-10-16-6-4-5-9-19(16)20)18-11-13-22-24-21(15-26(22)14-18)17-7-2-1-3-8-17/h1-9,11,13-15,20H,10,12H2,(H,25,27)/t20-/m1/s1. The average Bonchev–Trinajstić information content (AvgIpc) is 3.32. The quantitative estimate of drug-likeness (QED) is 0.593. The number of hydrogen-bond donors (Lipinski definition) is 1. The monoisotopic (exact) mass is 353 g/mol. The van der Waals surface area contributed by atoms with E-state index in [-0.39, 0.29) is 11.9 Å². The molecule has 0 fully saturated rings. The maximum Gasteiger partial charge on any atom is 0.253 e. The van der Waals surface area contributed by atoms with E-state index >= 15 is 0 Å². The minimum atomic E-state index is -0.0476. The zero-order chi connectivity index (χ0) is 18.2. The number of fused-ring (bicyclic) bond motifs is 2. The van der Waals surface area contributed by atoms with Crippen LogP contribution < -0.4 is 5.32 Å². The van der Waals surface area contributed by atoms with Crippen molar-refractivity contribution in [3.63, 3.8) is 0 Å². The van der Waals surface area contributed by atoms with E-state index in [1.165, 1.54) is 11.1 Å². The van der Waals surface area contributed by atoms with Gasteiger partial charge in [-0.2, -0.15) is 0 Å². The first-order valence-corrected chi connectivity index (χ1v) is 9.21. The van der Waals surface area contributed by atoms with Gasteiger partial charge in [0.05, 0.1) is 17.3 Å². The summed E-state index contributed by atoms with van der Waals surface area (Å²) in [6.07, 6.45) is 5.79. The third-order valence-corrected chi connectivity index (χ3v) is 5.22. The van der Waals surface area contributed by atoms with Gasteiger partial charge in [-0.1, -0.05) is 54.6 Å². The fourth-order valence-electron chi connectivity index (χ4n) is 3.82. The first-order valence-electron chi connectivity index (χ1n) is 9.21. The molecule has 2 aromatic heterocycles. The Balaban J connectivity index is 1.41. The van der Waals surface area contributed by atoms with Crippen LogP contribution in [0.25, 0.3) is 16.9 Å². The molecule has 0 saturated heterocycles. The van der Waals surface area contributed by atoms with Gasteiger partial charge in [-0.05, 0) is 36.1 Å². The molecule has 0 radical (unpaired) electrons. The molecule has 0 unspecified atom stereocenters. The minimum Gasteiger partial charge on any atom is -0.345 e. The highest BCUT2D eigenvalue weighted by Gasteiger charge is 2.23. The normalized spacial score (nSPS) is 15.6. The van der Waals surface area contributed by atoms with Crippen LogP contribution >= 0.6 is 0 Å². The van der Waals surface area contributed by atoms with Gasteiger partial charge in [0, 0.05) is 18.0 Å². The lowest BCUT2D eigenvalue weighted by Gasteiger charge is -2.14. The molecule has 0 saturated carbocycles. The second-order valence-electron chi connectivity index (χ2n) is 6.94. The summed E-state index contributed by atoms with van der Waals surface area (Å²) < 4.78 is 1.92. The van der Waals surface area contributed by atoms with Crippen LogP contribution in [0.2, 0.25) is 0 Å². The van der Waals surface area contributed by atoms with Gasteiger partial charge in [0.15, 0.2) is 0 Å². The highest BCUT2D eigenvalue weighted by molar-refractivity contribution is 5.94. The maximum absolute atomic E-state index is 12.8. The number of carbonyl (C=O) groups excluding carboxylic acids is 1. The van der Waals surface area contributed by atoms with E-state index in [2.05, 4.69) is 28.5 Å². The van der Waals surface area contributed by atoms with Gasteiger partial charge >= 0.3 is 0 Å². The predicted molar refractivity (Wildman–Crippen MR) is 106 cm³/mol. The van der Waals surface area contributed by atoms with Crippen LogP contribution in [0.4, 0.5) is 0 Å². The molecule has 1 aliphatic carbocycles. The third-order valence-electron chi connectivity index (χ3n) is 5.22. The molecule has 132 valence electrons. The average molecular weight is 353 g/mol. The van der Waals surface area contributed by atoms with Gasteiger partial charge in [0.1, 0.15) is 5.65 Å². The molecule has 0 spiro atoms. The molecule has 1 aliphatic rings. The zero-order valence-corrected chi connectivity index (χ0v) is 14.8. The number of aromatic nitrogens is 2. The minimum absolute atomic E-state index is 0.0476. The summed E-state index contributed by atoms with van der Waals surface area (Å²) in [5.41, 5.74) is 6.01. The van der Waals surface area contributed by atoms with Crippen molar-refractivity contribution in [1.82, 2.24) is 14.7 Å². The number of imidazole rings is 1. The highest BCUT2D eigenvalue weighted by atomic mass is 16.1.